The van der Waals surface area contributed by atoms with Crippen LogP contribution in [0.5, 0.6) is 11.5 Å². The Bertz CT molecular complexity index is 1800. The van der Waals surface area contributed by atoms with Gasteiger partial charge in [0.1, 0.15) is 11.5 Å². The van der Waals surface area contributed by atoms with Crippen LogP contribution in [0.25, 0.3) is 0 Å². The van der Waals surface area contributed by atoms with Crippen molar-refractivity contribution in [1.29, 1.82) is 0 Å². The molecule has 0 saturated heterocycles. The van der Waals surface area contributed by atoms with Gasteiger partial charge in [-0.05, 0) is 41.0 Å². The molecule has 7 nitrogen and oxygen atoms in total. The van der Waals surface area contributed by atoms with Crippen molar-refractivity contribution in [3.05, 3.63) is 161 Å². The van der Waals surface area contributed by atoms with Gasteiger partial charge in [0.05, 0.1) is 45.6 Å². The summed E-state index contributed by atoms with van der Waals surface area (Å²) < 4.78 is 17.3. The molecule has 218 valence electrons. The van der Waals surface area contributed by atoms with Gasteiger partial charge in [-0.2, -0.15) is 14.8 Å². The van der Waals surface area contributed by atoms with Crippen molar-refractivity contribution in [2.24, 2.45) is 0 Å². The molecule has 2 bridgehead atoms. The maximum Gasteiger partial charge on any atom is 0.190 e. The number of hydrogen-bond donors (Lipinski definition) is 0. The summed E-state index contributed by atoms with van der Waals surface area (Å²) in [5.41, 5.74) is 8.58. The first kappa shape index (κ1) is 26.5. The first-order valence-electron chi connectivity index (χ1n) is 15.1. The van der Waals surface area contributed by atoms with E-state index in [9.17, 15) is 0 Å². The lowest BCUT2D eigenvalue weighted by molar-refractivity contribution is -0.732. The molecule has 0 saturated carbocycles. The van der Waals surface area contributed by atoms with Crippen LogP contribution in [0.2, 0.25) is 0 Å². The summed E-state index contributed by atoms with van der Waals surface area (Å²) in [7, 11) is 3.39. The highest BCUT2D eigenvalue weighted by molar-refractivity contribution is 5.53. The molecular weight excluding hydrogens is 546 g/mol. The van der Waals surface area contributed by atoms with Crippen LogP contribution in [0.3, 0.4) is 0 Å². The predicted octanol–water partition coefficient (Wildman–Crippen LogP) is 5.91. The van der Waals surface area contributed by atoms with E-state index in [4.69, 9.17) is 19.7 Å². The molecule has 1 aliphatic carbocycles. The summed E-state index contributed by atoms with van der Waals surface area (Å²) in [5.74, 6) is 1.82. The van der Waals surface area contributed by atoms with Gasteiger partial charge in [0.25, 0.3) is 0 Å². The van der Waals surface area contributed by atoms with Gasteiger partial charge in [0.2, 0.25) is 0 Å². The van der Waals surface area contributed by atoms with Crippen LogP contribution < -0.4 is 14.0 Å². The number of ether oxygens (including phenoxy) is 2. The van der Waals surface area contributed by atoms with Crippen molar-refractivity contribution >= 4 is 0 Å². The lowest BCUT2D eigenvalue weighted by Crippen LogP contribution is -2.59. The van der Waals surface area contributed by atoms with Gasteiger partial charge >= 0.3 is 0 Å². The molecule has 5 heterocycles. The second-order valence-electron chi connectivity index (χ2n) is 11.8. The second kappa shape index (κ2) is 10.5. The third kappa shape index (κ3) is 4.22. The van der Waals surface area contributed by atoms with Crippen molar-refractivity contribution in [3.63, 3.8) is 0 Å². The molecule has 0 N–H and O–H groups in total. The van der Waals surface area contributed by atoms with Crippen LogP contribution >= 0.6 is 0 Å². The Kier molecular flexibility index (Phi) is 6.33. The minimum Gasteiger partial charge on any atom is -0.497 e. The molecule has 7 heteroatoms. The van der Waals surface area contributed by atoms with Gasteiger partial charge in [-0.25, -0.2) is 0 Å². The third-order valence-electron chi connectivity index (χ3n) is 9.53. The van der Waals surface area contributed by atoms with Crippen LogP contribution in [0.4, 0.5) is 0 Å². The minimum atomic E-state index is -0.337. The van der Waals surface area contributed by atoms with Gasteiger partial charge < -0.3 is 9.47 Å². The number of methoxy groups -OCH3 is 2. The molecule has 0 radical (unpaired) electrons. The molecule has 3 aromatic heterocycles. The van der Waals surface area contributed by atoms with E-state index in [-0.39, 0.29) is 17.4 Å². The summed E-state index contributed by atoms with van der Waals surface area (Å²) >= 11 is 0. The number of benzene rings is 3. The minimum absolute atomic E-state index is 0.113. The Hall–Kier alpha value is -5.17. The Balaban J connectivity index is 1.24. The van der Waals surface area contributed by atoms with Crippen LogP contribution in [0.15, 0.2) is 122 Å². The maximum absolute atomic E-state index is 5.36. The molecule has 44 heavy (non-hydrogen) atoms. The smallest absolute Gasteiger partial charge is 0.190 e. The fraction of sp³-hybridized carbons (Fsp3) is 0.216. The molecule has 0 spiro atoms. The van der Waals surface area contributed by atoms with Crippen LogP contribution in [0, 0.1) is 0 Å². The zero-order chi connectivity index (χ0) is 29.7. The van der Waals surface area contributed by atoms with E-state index < -0.39 is 0 Å². The predicted molar refractivity (Wildman–Crippen MR) is 167 cm³/mol. The van der Waals surface area contributed by atoms with Crippen molar-refractivity contribution in [2.75, 3.05) is 14.2 Å². The van der Waals surface area contributed by atoms with E-state index in [0.717, 1.165) is 17.9 Å². The number of pyridine rings is 1. The van der Waals surface area contributed by atoms with Gasteiger partial charge in [0.15, 0.2) is 17.9 Å². The highest BCUT2D eigenvalue weighted by Crippen LogP contribution is 2.59. The quantitative estimate of drug-likeness (QED) is 0.210. The Labute approximate surface area is 256 Å². The lowest BCUT2D eigenvalue weighted by atomic mass is 9.54. The van der Waals surface area contributed by atoms with E-state index in [1.165, 1.54) is 39.1 Å². The molecule has 2 unspecified atom stereocenters. The summed E-state index contributed by atoms with van der Waals surface area (Å²) in [4.78, 5) is 0. The second-order valence-corrected chi connectivity index (χ2v) is 11.8. The van der Waals surface area contributed by atoms with Crippen molar-refractivity contribution < 1.29 is 14.0 Å². The van der Waals surface area contributed by atoms with E-state index in [1.807, 2.05) is 24.3 Å². The molecule has 6 aromatic rings. The van der Waals surface area contributed by atoms with E-state index >= 15 is 0 Å². The number of rotatable bonds is 8. The first-order valence-corrected chi connectivity index (χ1v) is 15.1. The van der Waals surface area contributed by atoms with Gasteiger partial charge in [-0.3, -0.25) is 9.36 Å². The number of aromatic nitrogens is 5. The largest absolute Gasteiger partial charge is 0.497 e. The van der Waals surface area contributed by atoms with Gasteiger partial charge in [-0.1, -0.05) is 54.6 Å². The first-order chi connectivity index (χ1) is 21.7. The fourth-order valence-electron chi connectivity index (χ4n) is 7.47. The molecule has 3 aliphatic rings. The van der Waals surface area contributed by atoms with Crippen LogP contribution in [-0.4, -0.2) is 33.8 Å². The molecule has 3 aromatic carbocycles. The number of fused-ring (bicyclic) bond motifs is 1. The highest BCUT2D eigenvalue weighted by Gasteiger charge is 2.60. The van der Waals surface area contributed by atoms with E-state index in [1.54, 1.807) is 14.2 Å². The number of hydrogen-bond acceptors (Lipinski definition) is 4. The Morgan fingerprint density at radius 3 is 1.82 bits per heavy atom. The fourth-order valence-corrected chi connectivity index (χ4v) is 7.47. The van der Waals surface area contributed by atoms with Crippen molar-refractivity contribution in [3.8, 4) is 11.5 Å². The third-order valence-corrected chi connectivity index (χ3v) is 9.53. The standard InChI is InChI=1S/C37H34N5O2/c1-43-30-14-10-26(11-15-30)22-40-24-28(20-38-40)37(29-21-39-41(25-29)23-27-12-16-31(44-2)17-13-27)19-35-32-7-3-4-8-33(32)36(37)34-9-5-6-18-42(34)35/h3-18,20-21,24-25,35-36H,19,22-23H2,1-2H3/q+1. The molecular formula is C37H34N5O2+. The lowest BCUT2D eigenvalue weighted by Gasteiger charge is -2.48. The summed E-state index contributed by atoms with van der Waals surface area (Å²) in [6.07, 6.45) is 11.8. The molecule has 0 fully saturated rings. The van der Waals surface area contributed by atoms with Gasteiger partial charge in [-0.15, -0.1) is 0 Å². The summed E-state index contributed by atoms with van der Waals surface area (Å²) in [6, 6.07) is 32.2. The summed E-state index contributed by atoms with van der Waals surface area (Å²) in [6.45, 7) is 1.37. The molecule has 2 atom stereocenters. The SMILES string of the molecule is COc1ccc(Cn2cc(C3(c4cnn(Cc5ccc(OC)cc5)c4)CC4c5ccccc5C3c3cccc[n+]34)cn2)cc1. The van der Waals surface area contributed by atoms with Crippen molar-refractivity contribution in [1.82, 2.24) is 19.6 Å². The monoisotopic (exact) mass is 580 g/mol. The highest BCUT2D eigenvalue weighted by atomic mass is 16.5. The Morgan fingerprint density at radius 2 is 1.25 bits per heavy atom. The number of nitrogens with zero attached hydrogens (tertiary/aromatic N) is 5. The normalized spacial score (nSPS) is 17.6. The topological polar surface area (TPSA) is 58.0 Å². The summed E-state index contributed by atoms with van der Waals surface area (Å²) in [5, 5.41) is 9.85. The average Bonchev–Trinajstić information content (AvgIpc) is 3.76. The van der Waals surface area contributed by atoms with E-state index in [0.29, 0.717) is 13.1 Å². The molecule has 2 aliphatic heterocycles. The van der Waals surface area contributed by atoms with Crippen LogP contribution in [-0.2, 0) is 18.5 Å². The zero-order valence-corrected chi connectivity index (χ0v) is 24.9. The van der Waals surface area contributed by atoms with E-state index in [2.05, 4.69) is 112 Å². The van der Waals surface area contributed by atoms with Crippen molar-refractivity contribution in [2.45, 2.75) is 36.9 Å². The zero-order valence-electron chi connectivity index (χ0n) is 24.9. The Morgan fingerprint density at radius 1 is 0.705 bits per heavy atom. The van der Waals surface area contributed by atoms with Crippen LogP contribution in [0.1, 0.15) is 57.5 Å². The average molecular weight is 581 g/mol. The maximum atomic E-state index is 5.36. The molecule has 9 rings (SSSR count). The van der Waals surface area contributed by atoms with Gasteiger partial charge in [0, 0.05) is 53.1 Å². The molecule has 0 amide bonds.